The van der Waals surface area contributed by atoms with Crippen molar-refractivity contribution in [1.29, 1.82) is 0 Å². The molecule has 0 fully saturated rings. The van der Waals surface area contributed by atoms with Gasteiger partial charge in [-0.2, -0.15) is 0 Å². The van der Waals surface area contributed by atoms with Gasteiger partial charge in [-0.25, -0.2) is 4.79 Å². The molecule has 32 heavy (non-hydrogen) atoms. The van der Waals surface area contributed by atoms with E-state index < -0.39 is 24.4 Å². The third-order valence-electron chi connectivity index (χ3n) is 3.92. The molecule has 0 aliphatic rings. The third-order valence-corrected chi connectivity index (χ3v) is 4.25. The van der Waals surface area contributed by atoms with E-state index in [1.807, 2.05) is 13.8 Å². The van der Waals surface area contributed by atoms with E-state index in [0.29, 0.717) is 30.3 Å². The van der Waals surface area contributed by atoms with Crippen LogP contribution in [0.5, 0.6) is 11.5 Å². The number of rotatable bonds is 10. The lowest BCUT2D eigenvalue weighted by molar-refractivity contribution is -0.144. The first kappa shape index (κ1) is 24.7. The maximum atomic E-state index is 12.0. The van der Waals surface area contributed by atoms with Crippen molar-refractivity contribution in [3.05, 3.63) is 64.7 Å². The summed E-state index contributed by atoms with van der Waals surface area (Å²) in [5, 5.41) is 0.244. The minimum Gasteiger partial charge on any atom is -0.490 e. The van der Waals surface area contributed by atoms with Crippen molar-refractivity contribution in [2.45, 2.75) is 20.3 Å². The molecule has 2 N–H and O–H groups in total. The Kier molecular flexibility index (Phi) is 10.1. The highest BCUT2D eigenvalue weighted by Crippen LogP contribution is 2.29. The monoisotopic (exact) mass is 460 g/mol. The first-order valence-corrected chi connectivity index (χ1v) is 10.4. The van der Waals surface area contributed by atoms with Crippen LogP contribution in [0, 0.1) is 0 Å². The number of halogens is 1. The van der Waals surface area contributed by atoms with Crippen molar-refractivity contribution in [2.75, 3.05) is 19.8 Å². The molecule has 0 aliphatic heterocycles. The lowest BCUT2D eigenvalue weighted by Gasteiger charge is -2.12. The van der Waals surface area contributed by atoms with Crippen LogP contribution in [0.25, 0.3) is 6.08 Å². The van der Waals surface area contributed by atoms with Gasteiger partial charge < -0.3 is 14.2 Å². The van der Waals surface area contributed by atoms with Crippen LogP contribution in [-0.2, 0) is 14.3 Å². The number of esters is 1. The second-order valence-corrected chi connectivity index (χ2v) is 6.82. The molecule has 0 spiro atoms. The van der Waals surface area contributed by atoms with Crippen LogP contribution in [0.2, 0.25) is 5.02 Å². The van der Waals surface area contributed by atoms with E-state index >= 15 is 0 Å². The van der Waals surface area contributed by atoms with E-state index in [9.17, 15) is 14.4 Å². The minimum atomic E-state index is -0.721. The van der Waals surface area contributed by atoms with Crippen LogP contribution in [-0.4, -0.2) is 37.6 Å². The summed E-state index contributed by atoms with van der Waals surface area (Å²) in [6.45, 7) is 4.35. The maximum Gasteiger partial charge on any atom is 0.331 e. The second-order valence-electron chi connectivity index (χ2n) is 6.41. The molecule has 2 rings (SSSR count). The smallest absolute Gasteiger partial charge is 0.331 e. The van der Waals surface area contributed by atoms with E-state index in [1.54, 1.807) is 36.4 Å². The Bertz CT molecular complexity index is 977. The van der Waals surface area contributed by atoms with E-state index in [-0.39, 0.29) is 10.6 Å². The summed E-state index contributed by atoms with van der Waals surface area (Å²) in [5.41, 5.74) is 5.25. The summed E-state index contributed by atoms with van der Waals surface area (Å²) < 4.78 is 16.1. The van der Waals surface area contributed by atoms with Gasteiger partial charge in [0.1, 0.15) is 0 Å². The summed E-state index contributed by atoms with van der Waals surface area (Å²) in [7, 11) is 0. The fourth-order valence-corrected chi connectivity index (χ4v) is 2.67. The Morgan fingerprint density at radius 1 is 1.00 bits per heavy atom. The van der Waals surface area contributed by atoms with Gasteiger partial charge in [0.2, 0.25) is 0 Å². The number of hydrogen-bond donors (Lipinski definition) is 2. The van der Waals surface area contributed by atoms with Crippen LogP contribution in [0.4, 0.5) is 0 Å². The van der Waals surface area contributed by atoms with E-state index in [1.165, 1.54) is 18.2 Å². The van der Waals surface area contributed by atoms with Crippen LogP contribution in [0.15, 0.2) is 48.5 Å². The number of hydrogen-bond acceptors (Lipinski definition) is 6. The van der Waals surface area contributed by atoms with E-state index in [2.05, 4.69) is 10.9 Å². The highest BCUT2D eigenvalue weighted by atomic mass is 35.5. The molecule has 0 unspecified atom stereocenters. The molecule has 0 aliphatic carbocycles. The van der Waals surface area contributed by atoms with Gasteiger partial charge in [0.05, 0.1) is 23.8 Å². The molecule has 0 saturated carbocycles. The molecule has 2 aromatic carbocycles. The van der Waals surface area contributed by atoms with Crippen LogP contribution in [0.1, 0.15) is 36.2 Å². The quantitative estimate of drug-likeness (QED) is 0.319. The molecule has 2 aromatic rings. The lowest BCUT2D eigenvalue weighted by atomic mass is 10.2. The molecule has 170 valence electrons. The zero-order valence-electron chi connectivity index (χ0n) is 17.9. The molecule has 0 aromatic heterocycles. The Hall–Kier alpha value is -3.52. The molecule has 2 amide bonds. The Balaban J connectivity index is 1.83. The van der Waals surface area contributed by atoms with Gasteiger partial charge in [0.15, 0.2) is 18.1 Å². The van der Waals surface area contributed by atoms with Gasteiger partial charge in [0, 0.05) is 6.08 Å². The average molecular weight is 461 g/mol. The molecule has 0 heterocycles. The molecule has 0 bridgehead atoms. The van der Waals surface area contributed by atoms with Crippen molar-refractivity contribution in [3.8, 4) is 11.5 Å². The summed E-state index contributed by atoms with van der Waals surface area (Å²) in [6, 6.07) is 11.7. The summed E-state index contributed by atoms with van der Waals surface area (Å²) in [4.78, 5) is 35.7. The van der Waals surface area contributed by atoms with Crippen molar-refractivity contribution < 1.29 is 28.6 Å². The number of nitrogens with one attached hydrogen (secondary N) is 2. The van der Waals surface area contributed by atoms with Gasteiger partial charge in [-0.1, -0.05) is 36.7 Å². The number of benzene rings is 2. The van der Waals surface area contributed by atoms with Gasteiger partial charge in [0.25, 0.3) is 11.8 Å². The second kappa shape index (κ2) is 13.0. The molecule has 9 heteroatoms. The van der Waals surface area contributed by atoms with Gasteiger partial charge >= 0.3 is 5.97 Å². The molecule has 0 atom stereocenters. The van der Waals surface area contributed by atoms with Crippen molar-refractivity contribution in [3.63, 3.8) is 0 Å². The Morgan fingerprint density at radius 2 is 1.78 bits per heavy atom. The average Bonchev–Trinajstić information content (AvgIpc) is 2.79. The fourth-order valence-electron chi connectivity index (χ4n) is 2.45. The topological polar surface area (TPSA) is 103 Å². The number of carbonyl (C=O) groups excluding carboxylic acids is 3. The number of carbonyl (C=O) groups is 3. The fraction of sp³-hybridized carbons (Fsp3) is 0.261. The van der Waals surface area contributed by atoms with Crippen molar-refractivity contribution in [2.24, 2.45) is 0 Å². The minimum absolute atomic E-state index is 0.201. The normalized spacial score (nSPS) is 10.5. The van der Waals surface area contributed by atoms with Crippen LogP contribution < -0.4 is 20.3 Å². The van der Waals surface area contributed by atoms with Gasteiger partial charge in [-0.3, -0.25) is 20.4 Å². The van der Waals surface area contributed by atoms with E-state index in [0.717, 1.165) is 6.42 Å². The maximum absolute atomic E-state index is 12.0. The molecular weight excluding hydrogens is 436 g/mol. The van der Waals surface area contributed by atoms with Crippen LogP contribution >= 0.6 is 11.6 Å². The number of hydrazine groups is 1. The van der Waals surface area contributed by atoms with Crippen molar-refractivity contribution >= 4 is 35.5 Å². The first-order valence-electron chi connectivity index (χ1n) is 10.0. The van der Waals surface area contributed by atoms with Crippen molar-refractivity contribution in [1.82, 2.24) is 10.9 Å². The summed E-state index contributed by atoms with van der Waals surface area (Å²) in [5.74, 6) is -0.814. The van der Waals surface area contributed by atoms with Gasteiger partial charge in [-0.15, -0.1) is 0 Å². The zero-order valence-corrected chi connectivity index (χ0v) is 18.6. The zero-order chi connectivity index (χ0) is 23.3. The molecular formula is C23H25ClN2O6. The molecule has 0 radical (unpaired) electrons. The standard InChI is InChI=1S/C23H25ClN2O6/c1-3-13-31-19-11-9-16(14-20(19)30-4-2)10-12-22(28)32-15-21(27)25-26-23(29)17-7-5-6-8-18(17)24/h5-12,14H,3-4,13,15H2,1-2H3,(H,25,27)(H,26,29)/b12-10+. The van der Waals surface area contributed by atoms with E-state index in [4.69, 9.17) is 25.8 Å². The highest BCUT2D eigenvalue weighted by Gasteiger charge is 2.11. The summed E-state index contributed by atoms with van der Waals surface area (Å²) >= 11 is 5.92. The first-order chi connectivity index (χ1) is 15.4. The SMILES string of the molecule is CCCOc1ccc(/C=C/C(=O)OCC(=O)NNC(=O)c2ccccc2Cl)cc1OCC. The molecule has 8 nitrogen and oxygen atoms in total. The number of amides is 2. The Labute approximate surface area is 191 Å². The largest absolute Gasteiger partial charge is 0.490 e. The Morgan fingerprint density at radius 3 is 2.50 bits per heavy atom. The molecule has 0 saturated heterocycles. The third kappa shape index (κ3) is 7.96. The lowest BCUT2D eigenvalue weighted by Crippen LogP contribution is -2.43. The predicted octanol–water partition coefficient (Wildman–Crippen LogP) is 3.55. The summed E-state index contributed by atoms with van der Waals surface area (Å²) in [6.07, 6.45) is 3.59. The predicted molar refractivity (Wildman–Crippen MR) is 120 cm³/mol. The van der Waals surface area contributed by atoms with Crippen LogP contribution in [0.3, 0.4) is 0 Å². The van der Waals surface area contributed by atoms with Gasteiger partial charge in [-0.05, 0) is 49.2 Å². The number of ether oxygens (including phenoxy) is 3. The highest BCUT2D eigenvalue weighted by molar-refractivity contribution is 6.33.